The summed E-state index contributed by atoms with van der Waals surface area (Å²) >= 11 is 0. The molecule has 2 aliphatic heterocycles. The SMILES string of the molecule is Cl.O=C(NCc1cccc(CN2CCCC2=O)c1)C1CC(F)(F)CN1. The summed E-state index contributed by atoms with van der Waals surface area (Å²) < 4.78 is 26.2. The van der Waals surface area contributed by atoms with Crippen LogP contribution in [0.25, 0.3) is 0 Å². The molecule has 3 rings (SSSR count). The highest BCUT2D eigenvalue weighted by molar-refractivity contribution is 5.85. The number of amides is 2. The monoisotopic (exact) mass is 373 g/mol. The predicted octanol–water partition coefficient (Wildman–Crippen LogP) is 1.84. The van der Waals surface area contributed by atoms with Gasteiger partial charge in [-0.05, 0) is 17.5 Å². The lowest BCUT2D eigenvalue weighted by atomic mass is 10.1. The number of carbonyl (C=O) groups is 2. The average Bonchev–Trinajstić information content (AvgIpc) is 3.11. The van der Waals surface area contributed by atoms with Crippen LogP contribution in [0.1, 0.15) is 30.4 Å². The van der Waals surface area contributed by atoms with Gasteiger partial charge in [0.05, 0.1) is 12.6 Å². The van der Waals surface area contributed by atoms with Crippen LogP contribution in [0.15, 0.2) is 24.3 Å². The fourth-order valence-corrected chi connectivity index (χ4v) is 3.14. The molecule has 8 heteroatoms. The van der Waals surface area contributed by atoms with Gasteiger partial charge in [0.25, 0.3) is 5.92 Å². The van der Waals surface area contributed by atoms with Crippen LogP contribution in [0.5, 0.6) is 0 Å². The number of hydrogen-bond donors (Lipinski definition) is 2. The molecule has 2 saturated heterocycles. The van der Waals surface area contributed by atoms with E-state index in [9.17, 15) is 18.4 Å². The van der Waals surface area contributed by atoms with Crippen molar-refractivity contribution in [2.75, 3.05) is 13.1 Å². The topological polar surface area (TPSA) is 61.4 Å². The Bertz CT molecular complexity index is 642. The van der Waals surface area contributed by atoms with Crippen molar-refractivity contribution >= 4 is 24.2 Å². The Labute approximate surface area is 151 Å². The van der Waals surface area contributed by atoms with Crippen molar-refractivity contribution in [2.24, 2.45) is 0 Å². The van der Waals surface area contributed by atoms with Gasteiger partial charge in [-0.1, -0.05) is 24.3 Å². The molecule has 5 nitrogen and oxygen atoms in total. The van der Waals surface area contributed by atoms with Crippen LogP contribution in [0.4, 0.5) is 8.78 Å². The number of carbonyl (C=O) groups excluding carboxylic acids is 2. The summed E-state index contributed by atoms with van der Waals surface area (Å²) in [6, 6.07) is 6.77. The number of halogens is 3. The number of nitrogens with one attached hydrogen (secondary N) is 2. The summed E-state index contributed by atoms with van der Waals surface area (Å²) in [6.07, 6.45) is 1.04. The molecule has 1 unspecified atom stereocenters. The Morgan fingerprint density at radius 3 is 2.76 bits per heavy atom. The zero-order valence-electron chi connectivity index (χ0n) is 13.8. The second-order valence-electron chi connectivity index (χ2n) is 6.45. The third kappa shape index (κ3) is 5.12. The van der Waals surface area contributed by atoms with E-state index in [0.717, 1.165) is 24.1 Å². The van der Waals surface area contributed by atoms with Gasteiger partial charge in [-0.3, -0.25) is 14.9 Å². The van der Waals surface area contributed by atoms with Crippen LogP contribution in [0.3, 0.4) is 0 Å². The first-order valence-corrected chi connectivity index (χ1v) is 8.17. The van der Waals surface area contributed by atoms with Gasteiger partial charge in [-0.2, -0.15) is 0 Å². The van der Waals surface area contributed by atoms with Crippen LogP contribution in [-0.4, -0.2) is 41.8 Å². The molecule has 2 heterocycles. The Morgan fingerprint density at radius 2 is 2.12 bits per heavy atom. The first kappa shape index (κ1) is 19.6. The van der Waals surface area contributed by atoms with E-state index in [2.05, 4.69) is 10.6 Å². The Balaban J connectivity index is 0.00000225. The number of nitrogens with zero attached hydrogens (tertiary/aromatic N) is 1. The van der Waals surface area contributed by atoms with Crippen molar-refractivity contribution < 1.29 is 18.4 Å². The van der Waals surface area contributed by atoms with Gasteiger partial charge in [0.2, 0.25) is 11.8 Å². The molecule has 0 spiro atoms. The van der Waals surface area contributed by atoms with Crippen molar-refractivity contribution in [3.05, 3.63) is 35.4 Å². The molecular formula is C17H22ClF2N3O2. The summed E-state index contributed by atoms with van der Waals surface area (Å²) in [5.74, 6) is -3.06. The quantitative estimate of drug-likeness (QED) is 0.828. The molecule has 1 aromatic carbocycles. The van der Waals surface area contributed by atoms with Crippen LogP contribution >= 0.6 is 12.4 Å². The van der Waals surface area contributed by atoms with Gasteiger partial charge in [-0.15, -0.1) is 12.4 Å². The van der Waals surface area contributed by atoms with Crippen molar-refractivity contribution in [3.63, 3.8) is 0 Å². The Morgan fingerprint density at radius 1 is 1.36 bits per heavy atom. The standard InChI is InChI=1S/C17H21F2N3O2.ClH/c18-17(19)8-14(21-11-17)16(24)20-9-12-3-1-4-13(7-12)10-22-6-2-5-15(22)23;/h1,3-4,7,14,21H,2,5-6,8-11H2,(H,20,24);1H. The fourth-order valence-electron chi connectivity index (χ4n) is 3.14. The molecular weight excluding hydrogens is 352 g/mol. The van der Waals surface area contributed by atoms with Gasteiger partial charge in [0, 0.05) is 32.5 Å². The normalized spacial score (nSPS) is 21.9. The maximum absolute atomic E-state index is 13.1. The van der Waals surface area contributed by atoms with Gasteiger partial charge in [0.1, 0.15) is 0 Å². The van der Waals surface area contributed by atoms with Gasteiger partial charge >= 0.3 is 0 Å². The lowest BCUT2D eigenvalue weighted by molar-refractivity contribution is -0.128. The van der Waals surface area contributed by atoms with E-state index in [1.807, 2.05) is 29.2 Å². The molecule has 0 aliphatic carbocycles. The van der Waals surface area contributed by atoms with Crippen LogP contribution in [0.2, 0.25) is 0 Å². The maximum atomic E-state index is 13.1. The van der Waals surface area contributed by atoms with Crippen molar-refractivity contribution in [3.8, 4) is 0 Å². The summed E-state index contributed by atoms with van der Waals surface area (Å²) in [7, 11) is 0. The summed E-state index contributed by atoms with van der Waals surface area (Å²) in [4.78, 5) is 25.5. The lowest BCUT2D eigenvalue weighted by Crippen LogP contribution is -2.40. The molecule has 0 saturated carbocycles. The fraction of sp³-hybridized carbons (Fsp3) is 0.529. The molecule has 2 fully saturated rings. The van der Waals surface area contributed by atoms with Crippen LogP contribution in [-0.2, 0) is 22.7 Å². The van der Waals surface area contributed by atoms with Crippen molar-refractivity contribution in [2.45, 2.75) is 44.3 Å². The van der Waals surface area contributed by atoms with E-state index in [1.165, 1.54) is 0 Å². The zero-order valence-corrected chi connectivity index (χ0v) is 14.6. The molecule has 0 radical (unpaired) electrons. The summed E-state index contributed by atoms with van der Waals surface area (Å²) in [5, 5.41) is 5.23. The highest BCUT2D eigenvalue weighted by Gasteiger charge is 2.42. The van der Waals surface area contributed by atoms with E-state index in [-0.39, 0.29) is 24.9 Å². The second-order valence-corrected chi connectivity index (χ2v) is 6.45. The molecule has 25 heavy (non-hydrogen) atoms. The van der Waals surface area contributed by atoms with Crippen LogP contribution in [0, 0.1) is 0 Å². The molecule has 138 valence electrons. The smallest absolute Gasteiger partial charge is 0.262 e. The molecule has 1 aromatic rings. The minimum atomic E-state index is -2.82. The van der Waals surface area contributed by atoms with Gasteiger partial charge in [-0.25, -0.2) is 8.78 Å². The van der Waals surface area contributed by atoms with E-state index in [0.29, 0.717) is 13.0 Å². The van der Waals surface area contributed by atoms with Crippen molar-refractivity contribution in [1.82, 2.24) is 15.5 Å². The highest BCUT2D eigenvalue weighted by Crippen LogP contribution is 2.25. The minimum absolute atomic E-state index is 0. The second kappa shape index (κ2) is 8.10. The van der Waals surface area contributed by atoms with Crippen LogP contribution < -0.4 is 10.6 Å². The number of alkyl halides is 2. The zero-order chi connectivity index (χ0) is 17.2. The molecule has 0 bridgehead atoms. The first-order chi connectivity index (χ1) is 11.4. The largest absolute Gasteiger partial charge is 0.351 e. The molecule has 2 N–H and O–H groups in total. The first-order valence-electron chi connectivity index (χ1n) is 8.17. The minimum Gasteiger partial charge on any atom is -0.351 e. The van der Waals surface area contributed by atoms with Crippen molar-refractivity contribution in [1.29, 1.82) is 0 Å². The van der Waals surface area contributed by atoms with E-state index in [4.69, 9.17) is 0 Å². The van der Waals surface area contributed by atoms with Gasteiger partial charge < -0.3 is 10.2 Å². The van der Waals surface area contributed by atoms with E-state index >= 15 is 0 Å². The molecule has 2 aliphatic rings. The molecule has 1 atom stereocenters. The number of rotatable bonds is 5. The van der Waals surface area contributed by atoms with Gasteiger partial charge in [0.15, 0.2) is 0 Å². The average molecular weight is 374 g/mol. The lowest BCUT2D eigenvalue weighted by Gasteiger charge is -2.16. The molecule has 0 aromatic heterocycles. The summed E-state index contributed by atoms with van der Waals surface area (Å²) in [5.41, 5.74) is 1.89. The number of hydrogen-bond acceptors (Lipinski definition) is 3. The number of benzene rings is 1. The highest BCUT2D eigenvalue weighted by atomic mass is 35.5. The maximum Gasteiger partial charge on any atom is 0.262 e. The van der Waals surface area contributed by atoms with E-state index in [1.54, 1.807) is 0 Å². The summed E-state index contributed by atoms with van der Waals surface area (Å²) in [6.45, 7) is 1.17. The Kier molecular flexibility index (Phi) is 6.35. The third-order valence-corrected chi connectivity index (χ3v) is 4.43. The molecule has 2 amide bonds. The Hall–Kier alpha value is -1.73. The number of likely N-dealkylation sites (tertiary alicyclic amines) is 1. The predicted molar refractivity (Wildman–Crippen MR) is 91.5 cm³/mol. The third-order valence-electron chi connectivity index (χ3n) is 4.43. The van der Waals surface area contributed by atoms with E-state index < -0.39 is 30.8 Å².